The van der Waals surface area contributed by atoms with Crippen molar-refractivity contribution in [2.45, 2.75) is 18.2 Å². The van der Waals surface area contributed by atoms with Crippen molar-refractivity contribution in [1.29, 1.82) is 5.26 Å². The second kappa shape index (κ2) is 9.67. The monoisotopic (exact) mass is 353 g/mol. The van der Waals surface area contributed by atoms with E-state index in [9.17, 15) is 13.2 Å². The highest BCUT2D eigenvalue weighted by atomic mass is 32.2. The Morgan fingerprint density at radius 3 is 2.58 bits per heavy atom. The van der Waals surface area contributed by atoms with Gasteiger partial charge in [-0.05, 0) is 37.6 Å². The molecule has 0 atom stereocenters. The van der Waals surface area contributed by atoms with Crippen molar-refractivity contribution in [2.75, 3.05) is 25.1 Å². The number of benzene rings is 1. The quantitative estimate of drug-likeness (QED) is 0.264. The predicted octanol–water partition coefficient (Wildman–Crippen LogP) is 1.30. The van der Waals surface area contributed by atoms with Gasteiger partial charge >= 0.3 is 0 Å². The van der Waals surface area contributed by atoms with E-state index in [1.54, 1.807) is 6.07 Å². The standard InChI is InChI=1S/C15H19N3O5S/c1-2-23-9-3-8-17-11-12(10-16)15(19)18-13-4-6-14(7-5-13)24(20,21)22/h4-7,11,17H,2-3,8-9H2,1H3,(H,18,19)(H,20,21,22)/b12-11-. The molecule has 0 aliphatic carbocycles. The normalized spacial score (nSPS) is 11.6. The average molecular weight is 353 g/mol. The summed E-state index contributed by atoms with van der Waals surface area (Å²) in [6.07, 6.45) is 2.05. The number of carbonyl (C=O) groups is 1. The molecule has 8 nitrogen and oxygen atoms in total. The van der Waals surface area contributed by atoms with Gasteiger partial charge in [0.1, 0.15) is 11.6 Å². The number of amides is 1. The van der Waals surface area contributed by atoms with E-state index in [1.807, 2.05) is 6.92 Å². The van der Waals surface area contributed by atoms with Crippen LogP contribution in [-0.2, 0) is 19.6 Å². The van der Waals surface area contributed by atoms with Crippen molar-refractivity contribution >= 4 is 21.7 Å². The van der Waals surface area contributed by atoms with Gasteiger partial charge in [-0.25, -0.2) is 0 Å². The molecular weight excluding hydrogens is 334 g/mol. The van der Waals surface area contributed by atoms with Crippen LogP contribution in [0.3, 0.4) is 0 Å². The molecule has 0 saturated carbocycles. The lowest BCUT2D eigenvalue weighted by Crippen LogP contribution is -2.17. The number of hydrogen-bond acceptors (Lipinski definition) is 6. The predicted molar refractivity (Wildman–Crippen MR) is 87.7 cm³/mol. The van der Waals surface area contributed by atoms with E-state index in [4.69, 9.17) is 14.6 Å². The highest BCUT2D eigenvalue weighted by molar-refractivity contribution is 7.85. The first-order valence-electron chi connectivity index (χ1n) is 7.18. The number of carbonyl (C=O) groups excluding carboxylic acids is 1. The summed E-state index contributed by atoms with van der Waals surface area (Å²) in [5.41, 5.74) is 0.176. The molecule has 0 spiro atoms. The van der Waals surface area contributed by atoms with Crippen LogP contribution >= 0.6 is 0 Å². The van der Waals surface area contributed by atoms with Crippen LogP contribution in [-0.4, -0.2) is 38.6 Å². The Morgan fingerprint density at radius 2 is 2.04 bits per heavy atom. The fraction of sp³-hybridized carbons (Fsp3) is 0.333. The largest absolute Gasteiger partial charge is 0.390 e. The first kappa shape index (κ1) is 19.6. The smallest absolute Gasteiger partial charge is 0.294 e. The molecule has 1 rings (SSSR count). The van der Waals surface area contributed by atoms with Gasteiger partial charge < -0.3 is 15.4 Å². The molecule has 0 aliphatic rings. The molecule has 0 fully saturated rings. The first-order chi connectivity index (χ1) is 11.4. The number of ether oxygens (including phenoxy) is 1. The van der Waals surface area contributed by atoms with Crippen LogP contribution in [0.5, 0.6) is 0 Å². The molecule has 3 N–H and O–H groups in total. The third kappa shape index (κ3) is 6.78. The van der Waals surface area contributed by atoms with Crippen molar-refractivity contribution in [3.63, 3.8) is 0 Å². The molecule has 0 aliphatic heterocycles. The number of anilines is 1. The summed E-state index contributed by atoms with van der Waals surface area (Å²) >= 11 is 0. The highest BCUT2D eigenvalue weighted by Crippen LogP contribution is 2.14. The zero-order valence-electron chi connectivity index (χ0n) is 13.2. The fourth-order valence-electron chi connectivity index (χ4n) is 1.65. The van der Waals surface area contributed by atoms with Crippen LogP contribution < -0.4 is 10.6 Å². The molecule has 24 heavy (non-hydrogen) atoms. The number of nitriles is 1. The van der Waals surface area contributed by atoms with Crippen molar-refractivity contribution in [3.8, 4) is 6.07 Å². The van der Waals surface area contributed by atoms with Gasteiger partial charge in [-0.2, -0.15) is 13.7 Å². The van der Waals surface area contributed by atoms with Crippen LogP contribution in [0.4, 0.5) is 5.69 Å². The van der Waals surface area contributed by atoms with Crippen LogP contribution in [0.2, 0.25) is 0 Å². The van der Waals surface area contributed by atoms with Crippen molar-refractivity contribution < 1.29 is 22.5 Å². The second-order valence-corrected chi connectivity index (χ2v) is 6.05. The first-order valence-corrected chi connectivity index (χ1v) is 8.62. The van der Waals surface area contributed by atoms with Crippen LogP contribution in [0, 0.1) is 11.3 Å². The van der Waals surface area contributed by atoms with Gasteiger partial charge in [0.05, 0.1) is 4.90 Å². The van der Waals surface area contributed by atoms with Crippen LogP contribution in [0.25, 0.3) is 0 Å². The SMILES string of the molecule is CCOCCCN/C=C(/C#N)C(=O)Nc1ccc(S(=O)(=O)O)cc1. The molecule has 1 amide bonds. The zero-order valence-corrected chi connectivity index (χ0v) is 14.0. The number of rotatable bonds is 9. The average Bonchev–Trinajstić information content (AvgIpc) is 2.54. The van der Waals surface area contributed by atoms with Gasteiger partial charge in [0, 0.05) is 31.6 Å². The Labute approximate surface area is 140 Å². The van der Waals surface area contributed by atoms with E-state index in [0.29, 0.717) is 25.4 Å². The van der Waals surface area contributed by atoms with Crippen molar-refractivity contribution in [2.24, 2.45) is 0 Å². The van der Waals surface area contributed by atoms with Gasteiger partial charge in [-0.1, -0.05) is 0 Å². The molecule has 0 saturated heterocycles. The van der Waals surface area contributed by atoms with Gasteiger partial charge in [0.2, 0.25) is 0 Å². The Hall–Kier alpha value is -2.41. The van der Waals surface area contributed by atoms with E-state index in [1.165, 1.54) is 18.3 Å². The maximum atomic E-state index is 12.0. The van der Waals surface area contributed by atoms with Gasteiger partial charge in [-0.15, -0.1) is 0 Å². The summed E-state index contributed by atoms with van der Waals surface area (Å²) in [7, 11) is -4.29. The molecular formula is C15H19N3O5S. The molecule has 0 radical (unpaired) electrons. The summed E-state index contributed by atoms with van der Waals surface area (Å²) in [6, 6.07) is 6.69. The fourth-order valence-corrected chi connectivity index (χ4v) is 2.13. The van der Waals surface area contributed by atoms with E-state index < -0.39 is 16.0 Å². The minimum absolute atomic E-state index is 0.120. The number of nitrogens with zero attached hydrogens (tertiary/aromatic N) is 1. The highest BCUT2D eigenvalue weighted by Gasteiger charge is 2.11. The van der Waals surface area contributed by atoms with Crippen LogP contribution in [0.15, 0.2) is 40.9 Å². The Kier molecular flexibility index (Phi) is 7.91. The molecule has 130 valence electrons. The van der Waals surface area contributed by atoms with Gasteiger partial charge in [-0.3, -0.25) is 9.35 Å². The number of nitrogens with one attached hydrogen (secondary N) is 2. The Morgan fingerprint density at radius 1 is 1.38 bits per heavy atom. The maximum absolute atomic E-state index is 12.0. The lowest BCUT2D eigenvalue weighted by atomic mass is 10.2. The summed E-state index contributed by atoms with van der Waals surface area (Å²) in [5.74, 6) is -0.630. The summed E-state index contributed by atoms with van der Waals surface area (Å²) in [5, 5.41) is 14.3. The van der Waals surface area contributed by atoms with E-state index in [0.717, 1.165) is 18.6 Å². The molecule has 0 aromatic heterocycles. The minimum atomic E-state index is -4.29. The summed E-state index contributed by atoms with van der Waals surface area (Å²) in [4.78, 5) is 11.7. The molecule has 0 heterocycles. The second-order valence-electron chi connectivity index (χ2n) is 4.63. The number of hydrogen-bond donors (Lipinski definition) is 3. The molecule has 9 heteroatoms. The lowest BCUT2D eigenvalue weighted by molar-refractivity contribution is -0.112. The van der Waals surface area contributed by atoms with Crippen LogP contribution in [0.1, 0.15) is 13.3 Å². The van der Waals surface area contributed by atoms with Crippen molar-refractivity contribution in [1.82, 2.24) is 5.32 Å². The van der Waals surface area contributed by atoms with Gasteiger partial charge in [0.25, 0.3) is 16.0 Å². The Balaban J connectivity index is 2.59. The zero-order chi connectivity index (χ0) is 18.0. The topological polar surface area (TPSA) is 129 Å². The lowest BCUT2D eigenvalue weighted by Gasteiger charge is -2.06. The maximum Gasteiger partial charge on any atom is 0.294 e. The molecule has 1 aromatic carbocycles. The summed E-state index contributed by atoms with van der Waals surface area (Å²) < 4.78 is 35.9. The van der Waals surface area contributed by atoms with E-state index >= 15 is 0 Å². The van der Waals surface area contributed by atoms with Crippen molar-refractivity contribution in [3.05, 3.63) is 36.0 Å². The minimum Gasteiger partial charge on any atom is -0.390 e. The van der Waals surface area contributed by atoms with E-state index in [-0.39, 0.29) is 10.5 Å². The van der Waals surface area contributed by atoms with E-state index in [2.05, 4.69) is 10.6 Å². The Bertz CT molecular complexity index is 720. The summed E-state index contributed by atoms with van der Waals surface area (Å²) in [6.45, 7) is 3.68. The third-order valence-electron chi connectivity index (χ3n) is 2.84. The third-order valence-corrected chi connectivity index (χ3v) is 3.70. The molecule has 0 bridgehead atoms. The molecule has 0 unspecified atom stereocenters. The van der Waals surface area contributed by atoms with Gasteiger partial charge in [0.15, 0.2) is 0 Å². The molecule has 1 aromatic rings.